The molecule has 0 spiro atoms. The molecule has 1 aliphatic heterocycles. The number of likely N-dealkylation sites (tertiary alicyclic amines) is 1. The lowest BCUT2D eigenvalue weighted by Crippen LogP contribution is -2.34. The first-order valence-electron chi connectivity index (χ1n) is 9.51. The highest BCUT2D eigenvalue weighted by Crippen LogP contribution is 2.33. The summed E-state index contributed by atoms with van der Waals surface area (Å²) in [5.41, 5.74) is 2.37. The molecular weight excluding hydrogens is 358 g/mol. The van der Waals surface area contributed by atoms with Crippen LogP contribution in [0.25, 0.3) is 11.3 Å². The zero-order valence-electron chi connectivity index (χ0n) is 16.1. The Kier molecular flexibility index (Phi) is 5.14. The van der Waals surface area contributed by atoms with E-state index >= 15 is 0 Å². The number of aromatic nitrogens is 2. The van der Waals surface area contributed by atoms with E-state index in [0.717, 1.165) is 42.7 Å². The van der Waals surface area contributed by atoms with Gasteiger partial charge in [-0.1, -0.05) is 23.2 Å². The van der Waals surface area contributed by atoms with Gasteiger partial charge in [0.1, 0.15) is 11.4 Å². The molecule has 3 aromatic rings. The molecule has 1 aliphatic rings. The molecule has 0 radical (unpaired) electrons. The summed E-state index contributed by atoms with van der Waals surface area (Å²) in [6.45, 7) is 2.47. The lowest BCUT2D eigenvalue weighted by molar-refractivity contribution is 0.0631. The van der Waals surface area contributed by atoms with Crippen molar-refractivity contribution in [3.8, 4) is 17.1 Å². The van der Waals surface area contributed by atoms with Crippen LogP contribution in [-0.4, -0.2) is 34.8 Å². The SMILES string of the molecule is COc1ccc(-c2cc(C3CCCCCN3C(=O)c3cc(C)no3)no2)cc1. The third-order valence-electron chi connectivity index (χ3n) is 5.10. The smallest absolute Gasteiger partial charge is 0.293 e. The van der Waals surface area contributed by atoms with Gasteiger partial charge in [-0.3, -0.25) is 4.79 Å². The first-order valence-corrected chi connectivity index (χ1v) is 9.51. The number of carbonyl (C=O) groups excluding carboxylic acids is 1. The molecule has 0 aliphatic carbocycles. The highest BCUT2D eigenvalue weighted by molar-refractivity contribution is 5.91. The maximum absolute atomic E-state index is 13.0. The summed E-state index contributed by atoms with van der Waals surface area (Å²) in [6, 6.07) is 11.1. The molecule has 1 atom stereocenters. The van der Waals surface area contributed by atoms with E-state index in [9.17, 15) is 4.79 Å². The highest BCUT2D eigenvalue weighted by atomic mass is 16.5. The minimum Gasteiger partial charge on any atom is -0.497 e. The Hall–Kier alpha value is -3.09. The zero-order valence-corrected chi connectivity index (χ0v) is 16.1. The normalized spacial score (nSPS) is 17.4. The molecule has 0 saturated carbocycles. The molecular formula is C21H23N3O4. The summed E-state index contributed by atoms with van der Waals surface area (Å²) in [5.74, 6) is 1.57. The van der Waals surface area contributed by atoms with E-state index < -0.39 is 0 Å². The number of amides is 1. The van der Waals surface area contributed by atoms with Gasteiger partial charge in [0.15, 0.2) is 5.76 Å². The molecule has 3 heterocycles. The van der Waals surface area contributed by atoms with Crippen LogP contribution >= 0.6 is 0 Å². The van der Waals surface area contributed by atoms with Gasteiger partial charge in [0.2, 0.25) is 5.76 Å². The third-order valence-corrected chi connectivity index (χ3v) is 5.10. The molecule has 1 unspecified atom stereocenters. The Morgan fingerprint density at radius 1 is 1.11 bits per heavy atom. The molecule has 4 rings (SSSR count). The standard InChI is InChI=1S/C21H23N3O4/c1-14-12-20(28-22-14)21(25)24-11-5-3-4-6-18(24)17-13-19(27-23-17)15-7-9-16(26-2)10-8-15/h7-10,12-13,18H,3-6,11H2,1-2H3. The predicted molar refractivity (Wildman–Crippen MR) is 102 cm³/mol. The Balaban J connectivity index is 1.61. The summed E-state index contributed by atoms with van der Waals surface area (Å²) in [5, 5.41) is 8.13. The number of benzene rings is 1. The Morgan fingerprint density at radius 2 is 1.93 bits per heavy atom. The summed E-state index contributed by atoms with van der Waals surface area (Å²) in [4.78, 5) is 14.9. The summed E-state index contributed by atoms with van der Waals surface area (Å²) in [7, 11) is 1.63. The average molecular weight is 381 g/mol. The summed E-state index contributed by atoms with van der Waals surface area (Å²) >= 11 is 0. The summed E-state index contributed by atoms with van der Waals surface area (Å²) < 4.78 is 16.0. The maximum Gasteiger partial charge on any atom is 0.293 e. The summed E-state index contributed by atoms with van der Waals surface area (Å²) in [6.07, 6.45) is 3.92. The van der Waals surface area contributed by atoms with Crippen LogP contribution < -0.4 is 4.74 Å². The van der Waals surface area contributed by atoms with Crippen LogP contribution in [-0.2, 0) is 0 Å². The van der Waals surface area contributed by atoms with Crippen molar-refractivity contribution in [1.29, 1.82) is 0 Å². The van der Waals surface area contributed by atoms with Crippen molar-refractivity contribution in [1.82, 2.24) is 15.2 Å². The van der Waals surface area contributed by atoms with Crippen molar-refractivity contribution in [2.24, 2.45) is 0 Å². The van der Waals surface area contributed by atoms with E-state index in [1.165, 1.54) is 0 Å². The van der Waals surface area contributed by atoms with Crippen LogP contribution in [0.5, 0.6) is 5.75 Å². The number of nitrogens with zero attached hydrogens (tertiary/aromatic N) is 3. The van der Waals surface area contributed by atoms with Crippen molar-refractivity contribution in [3.05, 3.63) is 53.5 Å². The number of ether oxygens (including phenoxy) is 1. The monoisotopic (exact) mass is 381 g/mol. The van der Waals surface area contributed by atoms with E-state index in [-0.39, 0.29) is 17.7 Å². The first-order chi connectivity index (χ1) is 13.7. The van der Waals surface area contributed by atoms with Crippen LogP contribution in [0, 0.1) is 6.92 Å². The fourth-order valence-corrected chi connectivity index (χ4v) is 3.60. The first kappa shape index (κ1) is 18.3. The number of rotatable bonds is 4. The molecule has 7 nitrogen and oxygen atoms in total. The van der Waals surface area contributed by atoms with Gasteiger partial charge in [-0.05, 0) is 44.0 Å². The van der Waals surface area contributed by atoms with Gasteiger partial charge in [0, 0.05) is 24.2 Å². The van der Waals surface area contributed by atoms with Crippen molar-refractivity contribution in [3.63, 3.8) is 0 Å². The van der Waals surface area contributed by atoms with Crippen molar-refractivity contribution < 1.29 is 18.6 Å². The maximum atomic E-state index is 13.0. The molecule has 1 aromatic carbocycles. The van der Waals surface area contributed by atoms with Gasteiger partial charge >= 0.3 is 0 Å². The predicted octanol–water partition coefficient (Wildman–Crippen LogP) is 4.40. The zero-order chi connectivity index (χ0) is 19.5. The third kappa shape index (κ3) is 3.65. The molecule has 0 N–H and O–H groups in total. The molecule has 146 valence electrons. The van der Waals surface area contributed by atoms with Crippen LogP contribution in [0.4, 0.5) is 0 Å². The minimum absolute atomic E-state index is 0.142. The second-order valence-corrected chi connectivity index (χ2v) is 7.04. The second-order valence-electron chi connectivity index (χ2n) is 7.04. The molecule has 1 amide bonds. The van der Waals surface area contributed by atoms with E-state index in [2.05, 4.69) is 10.3 Å². The van der Waals surface area contributed by atoms with E-state index in [1.54, 1.807) is 20.1 Å². The van der Waals surface area contributed by atoms with E-state index in [0.29, 0.717) is 18.0 Å². The van der Waals surface area contributed by atoms with Gasteiger partial charge in [0.05, 0.1) is 18.8 Å². The molecule has 1 fully saturated rings. The van der Waals surface area contributed by atoms with Gasteiger partial charge in [0.25, 0.3) is 5.91 Å². The Labute approximate surface area is 163 Å². The van der Waals surface area contributed by atoms with Gasteiger partial charge in [-0.25, -0.2) is 0 Å². The number of hydrogen-bond donors (Lipinski definition) is 0. The lowest BCUT2D eigenvalue weighted by Gasteiger charge is -2.27. The van der Waals surface area contributed by atoms with Crippen LogP contribution in [0.3, 0.4) is 0 Å². The average Bonchev–Trinajstić information content (AvgIpc) is 3.31. The topological polar surface area (TPSA) is 81.6 Å². The highest BCUT2D eigenvalue weighted by Gasteiger charge is 2.31. The number of methoxy groups -OCH3 is 1. The molecule has 2 aromatic heterocycles. The van der Waals surface area contributed by atoms with E-state index in [4.69, 9.17) is 13.8 Å². The fourth-order valence-electron chi connectivity index (χ4n) is 3.60. The van der Waals surface area contributed by atoms with Gasteiger partial charge in [-0.2, -0.15) is 0 Å². The molecule has 28 heavy (non-hydrogen) atoms. The molecule has 1 saturated heterocycles. The van der Waals surface area contributed by atoms with Gasteiger partial charge in [-0.15, -0.1) is 0 Å². The van der Waals surface area contributed by atoms with Crippen molar-refractivity contribution in [2.45, 2.75) is 38.6 Å². The van der Waals surface area contributed by atoms with Crippen LogP contribution in [0.2, 0.25) is 0 Å². The fraction of sp³-hybridized carbons (Fsp3) is 0.381. The number of hydrogen-bond acceptors (Lipinski definition) is 6. The van der Waals surface area contributed by atoms with Crippen molar-refractivity contribution >= 4 is 5.91 Å². The lowest BCUT2D eigenvalue weighted by atomic mass is 10.0. The second kappa shape index (κ2) is 7.88. The quantitative estimate of drug-likeness (QED) is 0.666. The number of aryl methyl sites for hydroxylation is 1. The van der Waals surface area contributed by atoms with Crippen LogP contribution in [0.15, 0.2) is 45.4 Å². The Morgan fingerprint density at radius 3 is 2.64 bits per heavy atom. The van der Waals surface area contributed by atoms with E-state index in [1.807, 2.05) is 35.2 Å². The van der Waals surface area contributed by atoms with Crippen LogP contribution in [0.1, 0.15) is 53.7 Å². The van der Waals surface area contributed by atoms with Gasteiger partial charge < -0.3 is 18.7 Å². The largest absolute Gasteiger partial charge is 0.497 e. The number of carbonyl (C=O) groups is 1. The van der Waals surface area contributed by atoms with Crippen molar-refractivity contribution in [2.75, 3.05) is 13.7 Å². The molecule has 0 bridgehead atoms. The molecule has 7 heteroatoms. The minimum atomic E-state index is -0.151. The Bertz CT molecular complexity index is 945.